The predicted molar refractivity (Wildman–Crippen MR) is 86.1 cm³/mol. The van der Waals surface area contributed by atoms with Crippen LogP contribution in [0.5, 0.6) is 0 Å². The van der Waals surface area contributed by atoms with E-state index in [0.29, 0.717) is 22.5 Å². The zero-order valence-corrected chi connectivity index (χ0v) is 12.7. The highest BCUT2D eigenvalue weighted by Crippen LogP contribution is 2.25. The minimum absolute atomic E-state index is 0.0331. The molecule has 0 radical (unpaired) electrons. The number of carbonyl (C=O) groups is 1. The lowest BCUT2D eigenvalue weighted by atomic mass is 10.1. The van der Waals surface area contributed by atoms with Crippen molar-refractivity contribution in [2.24, 2.45) is 0 Å². The van der Waals surface area contributed by atoms with Gasteiger partial charge in [0.25, 0.3) is 5.69 Å². The van der Waals surface area contributed by atoms with Gasteiger partial charge in [-0.05, 0) is 43.7 Å². The molecule has 0 fully saturated rings. The highest BCUT2D eigenvalue weighted by molar-refractivity contribution is 5.95. The summed E-state index contributed by atoms with van der Waals surface area (Å²) in [5, 5.41) is 16.4. The van der Waals surface area contributed by atoms with Gasteiger partial charge in [0.1, 0.15) is 5.82 Å². The third kappa shape index (κ3) is 4.03. The Morgan fingerprint density at radius 1 is 1.22 bits per heavy atom. The number of amides is 1. The van der Waals surface area contributed by atoms with Crippen molar-refractivity contribution in [1.29, 1.82) is 0 Å². The number of anilines is 2. The molecule has 2 aromatic carbocycles. The third-order valence-corrected chi connectivity index (χ3v) is 3.40. The molecular formula is C16H16FN3O3. The van der Waals surface area contributed by atoms with Crippen molar-refractivity contribution < 1.29 is 14.1 Å². The fraction of sp³-hybridized carbons (Fsp3) is 0.188. The van der Waals surface area contributed by atoms with Crippen LogP contribution in [0, 0.1) is 29.8 Å². The molecule has 0 spiro atoms. The first-order chi connectivity index (χ1) is 10.9. The number of hydrogen-bond donors (Lipinski definition) is 2. The van der Waals surface area contributed by atoms with E-state index in [9.17, 15) is 19.3 Å². The van der Waals surface area contributed by atoms with E-state index in [1.807, 2.05) is 0 Å². The zero-order chi connectivity index (χ0) is 17.0. The maximum atomic E-state index is 13.0. The standard InChI is InChI=1S/C16H16FN3O3/c1-10-8-12(17)6-7-13(10)18-9-16(21)19-14-4-3-5-15(11(14)2)20(22)23/h3-8,18H,9H2,1-2H3,(H,19,21). The van der Waals surface area contributed by atoms with Crippen molar-refractivity contribution in [2.75, 3.05) is 17.2 Å². The van der Waals surface area contributed by atoms with Crippen molar-refractivity contribution in [2.45, 2.75) is 13.8 Å². The molecule has 2 rings (SSSR count). The van der Waals surface area contributed by atoms with Crippen molar-refractivity contribution in [3.05, 3.63) is 63.5 Å². The van der Waals surface area contributed by atoms with Gasteiger partial charge < -0.3 is 10.6 Å². The molecule has 0 bridgehead atoms. The lowest BCUT2D eigenvalue weighted by Crippen LogP contribution is -2.22. The van der Waals surface area contributed by atoms with Gasteiger partial charge in [0.05, 0.1) is 22.7 Å². The Bertz CT molecular complexity index is 762. The number of benzene rings is 2. The van der Waals surface area contributed by atoms with Crippen molar-refractivity contribution >= 4 is 23.0 Å². The summed E-state index contributed by atoms with van der Waals surface area (Å²) in [6.07, 6.45) is 0. The summed E-state index contributed by atoms with van der Waals surface area (Å²) in [7, 11) is 0. The summed E-state index contributed by atoms with van der Waals surface area (Å²) >= 11 is 0. The Morgan fingerprint density at radius 3 is 2.61 bits per heavy atom. The molecule has 0 saturated heterocycles. The maximum absolute atomic E-state index is 13.0. The fourth-order valence-electron chi connectivity index (χ4n) is 2.15. The molecule has 120 valence electrons. The molecule has 0 saturated carbocycles. The Labute approximate surface area is 132 Å². The Kier molecular flexibility index (Phi) is 4.90. The van der Waals surface area contributed by atoms with E-state index in [1.165, 1.54) is 24.3 Å². The van der Waals surface area contributed by atoms with E-state index < -0.39 is 4.92 Å². The highest BCUT2D eigenvalue weighted by Gasteiger charge is 2.14. The van der Waals surface area contributed by atoms with Crippen LogP contribution >= 0.6 is 0 Å². The van der Waals surface area contributed by atoms with Gasteiger partial charge in [-0.1, -0.05) is 6.07 Å². The van der Waals surface area contributed by atoms with E-state index in [4.69, 9.17) is 0 Å². The molecule has 0 aliphatic rings. The molecule has 0 atom stereocenters. The number of halogens is 1. The lowest BCUT2D eigenvalue weighted by Gasteiger charge is -2.11. The van der Waals surface area contributed by atoms with Crippen molar-refractivity contribution in [3.8, 4) is 0 Å². The van der Waals surface area contributed by atoms with E-state index in [1.54, 1.807) is 26.0 Å². The summed E-state index contributed by atoms with van der Waals surface area (Å²) in [5.74, 6) is -0.693. The fourth-order valence-corrected chi connectivity index (χ4v) is 2.15. The number of nitro groups is 1. The van der Waals surface area contributed by atoms with Crippen LogP contribution < -0.4 is 10.6 Å². The predicted octanol–water partition coefficient (Wildman–Crippen LogP) is 3.40. The Morgan fingerprint density at radius 2 is 1.96 bits per heavy atom. The molecule has 0 heterocycles. The normalized spacial score (nSPS) is 10.2. The molecule has 2 aromatic rings. The first-order valence-electron chi connectivity index (χ1n) is 6.92. The first-order valence-corrected chi connectivity index (χ1v) is 6.92. The van der Waals surface area contributed by atoms with E-state index in [2.05, 4.69) is 10.6 Å². The van der Waals surface area contributed by atoms with Crippen LogP contribution in [0.15, 0.2) is 36.4 Å². The number of nitro benzene ring substituents is 1. The lowest BCUT2D eigenvalue weighted by molar-refractivity contribution is -0.385. The average molecular weight is 317 g/mol. The molecule has 1 amide bonds. The molecule has 6 nitrogen and oxygen atoms in total. The molecule has 0 aliphatic carbocycles. The van der Waals surface area contributed by atoms with Gasteiger partial charge in [0.2, 0.25) is 5.91 Å². The van der Waals surface area contributed by atoms with Crippen LogP contribution in [-0.2, 0) is 4.79 Å². The monoisotopic (exact) mass is 317 g/mol. The van der Waals surface area contributed by atoms with Gasteiger partial charge in [0, 0.05) is 11.8 Å². The third-order valence-electron chi connectivity index (χ3n) is 3.40. The molecule has 0 aromatic heterocycles. The summed E-state index contributed by atoms with van der Waals surface area (Å²) in [5.41, 5.74) is 2.07. The van der Waals surface area contributed by atoms with E-state index in [-0.39, 0.29) is 24.0 Å². The molecule has 0 aliphatic heterocycles. The van der Waals surface area contributed by atoms with Crippen LogP contribution in [0.1, 0.15) is 11.1 Å². The maximum Gasteiger partial charge on any atom is 0.274 e. The van der Waals surface area contributed by atoms with Crippen LogP contribution in [0.3, 0.4) is 0 Å². The van der Waals surface area contributed by atoms with Crippen LogP contribution in [-0.4, -0.2) is 17.4 Å². The van der Waals surface area contributed by atoms with Crippen LogP contribution in [0.25, 0.3) is 0 Å². The van der Waals surface area contributed by atoms with Crippen LogP contribution in [0.2, 0.25) is 0 Å². The summed E-state index contributed by atoms with van der Waals surface area (Å²) in [6.45, 7) is 3.27. The largest absolute Gasteiger partial charge is 0.376 e. The highest BCUT2D eigenvalue weighted by atomic mass is 19.1. The van der Waals surface area contributed by atoms with Crippen molar-refractivity contribution in [1.82, 2.24) is 0 Å². The summed E-state index contributed by atoms with van der Waals surface area (Å²) in [4.78, 5) is 22.4. The van der Waals surface area contributed by atoms with Gasteiger partial charge in [-0.25, -0.2) is 4.39 Å². The minimum Gasteiger partial charge on any atom is -0.376 e. The SMILES string of the molecule is Cc1cc(F)ccc1NCC(=O)Nc1cccc([N+](=O)[O-])c1C. The zero-order valence-electron chi connectivity index (χ0n) is 12.7. The van der Waals surface area contributed by atoms with Crippen LogP contribution in [0.4, 0.5) is 21.5 Å². The van der Waals surface area contributed by atoms with Crippen molar-refractivity contribution in [3.63, 3.8) is 0 Å². The number of aryl methyl sites for hydroxylation is 1. The number of rotatable bonds is 5. The van der Waals surface area contributed by atoms with Gasteiger partial charge >= 0.3 is 0 Å². The number of nitrogens with one attached hydrogen (secondary N) is 2. The second-order valence-electron chi connectivity index (χ2n) is 5.07. The van der Waals surface area contributed by atoms with Gasteiger partial charge in [0.15, 0.2) is 0 Å². The second-order valence-corrected chi connectivity index (χ2v) is 5.07. The minimum atomic E-state index is -0.495. The van der Waals surface area contributed by atoms with Gasteiger partial charge in [-0.2, -0.15) is 0 Å². The van der Waals surface area contributed by atoms with Gasteiger partial charge in [-0.3, -0.25) is 14.9 Å². The molecule has 2 N–H and O–H groups in total. The average Bonchev–Trinajstić information content (AvgIpc) is 2.48. The Hall–Kier alpha value is -2.96. The van der Waals surface area contributed by atoms with Gasteiger partial charge in [-0.15, -0.1) is 0 Å². The van der Waals surface area contributed by atoms with E-state index in [0.717, 1.165) is 0 Å². The molecule has 7 heteroatoms. The number of hydrogen-bond acceptors (Lipinski definition) is 4. The smallest absolute Gasteiger partial charge is 0.274 e. The topological polar surface area (TPSA) is 84.3 Å². The molecule has 0 unspecified atom stereocenters. The molecular weight excluding hydrogens is 301 g/mol. The first kappa shape index (κ1) is 16.4. The summed E-state index contributed by atoms with van der Waals surface area (Å²) in [6, 6.07) is 8.71. The second kappa shape index (κ2) is 6.87. The Balaban J connectivity index is 2.03. The summed E-state index contributed by atoms with van der Waals surface area (Å²) < 4.78 is 13.0. The molecule has 23 heavy (non-hydrogen) atoms. The number of carbonyl (C=O) groups excluding carboxylic acids is 1. The van der Waals surface area contributed by atoms with E-state index >= 15 is 0 Å². The number of nitrogens with zero attached hydrogens (tertiary/aromatic N) is 1. The quantitative estimate of drug-likeness (QED) is 0.654.